The minimum Gasteiger partial charge on any atom is -0.384 e. The van der Waals surface area contributed by atoms with Crippen LogP contribution in [0.4, 0.5) is 10.1 Å². The quantitative estimate of drug-likeness (QED) is 0.790. The lowest BCUT2D eigenvalue weighted by Crippen LogP contribution is -2.12. The summed E-state index contributed by atoms with van der Waals surface area (Å²) < 4.78 is 13.2. The second kappa shape index (κ2) is 4.45. The fourth-order valence-electron chi connectivity index (χ4n) is 2.66. The minimum absolute atomic E-state index is 0.172. The third-order valence-electron chi connectivity index (χ3n) is 3.55. The average Bonchev–Trinajstić information content (AvgIpc) is 2.38. The molecule has 18 heavy (non-hydrogen) atoms. The lowest BCUT2D eigenvalue weighted by Gasteiger charge is -2.22. The molecule has 1 aliphatic heterocycles. The summed E-state index contributed by atoms with van der Waals surface area (Å²) in [4.78, 5) is 0. The van der Waals surface area contributed by atoms with Gasteiger partial charge in [-0.1, -0.05) is 24.3 Å². The second-order valence-electron chi connectivity index (χ2n) is 4.83. The van der Waals surface area contributed by atoms with E-state index in [-0.39, 0.29) is 5.82 Å². The van der Waals surface area contributed by atoms with E-state index in [1.54, 1.807) is 6.07 Å². The molecule has 1 N–H and O–H groups in total. The van der Waals surface area contributed by atoms with E-state index in [2.05, 4.69) is 23.5 Å². The number of hydrogen-bond acceptors (Lipinski definition) is 1. The number of rotatable bonds is 1. The monoisotopic (exact) mass is 241 g/mol. The SMILES string of the molecule is Cc1cc(F)ccc1-c1cccc2c1NCCC2. The van der Waals surface area contributed by atoms with Crippen molar-refractivity contribution < 1.29 is 4.39 Å². The topological polar surface area (TPSA) is 12.0 Å². The molecule has 0 atom stereocenters. The van der Waals surface area contributed by atoms with Gasteiger partial charge < -0.3 is 5.32 Å². The van der Waals surface area contributed by atoms with E-state index in [9.17, 15) is 4.39 Å². The highest BCUT2D eigenvalue weighted by molar-refractivity contribution is 5.82. The van der Waals surface area contributed by atoms with Crippen LogP contribution < -0.4 is 5.32 Å². The smallest absolute Gasteiger partial charge is 0.123 e. The Balaban J connectivity index is 2.17. The van der Waals surface area contributed by atoms with E-state index in [1.165, 1.54) is 29.3 Å². The maximum atomic E-state index is 13.2. The van der Waals surface area contributed by atoms with Gasteiger partial charge in [0, 0.05) is 17.8 Å². The van der Waals surface area contributed by atoms with Crippen molar-refractivity contribution >= 4 is 5.69 Å². The van der Waals surface area contributed by atoms with Gasteiger partial charge in [-0.2, -0.15) is 0 Å². The molecule has 0 saturated carbocycles. The van der Waals surface area contributed by atoms with Crippen LogP contribution in [0, 0.1) is 12.7 Å². The van der Waals surface area contributed by atoms with E-state index in [4.69, 9.17) is 0 Å². The molecule has 0 aliphatic carbocycles. The van der Waals surface area contributed by atoms with Crippen LogP contribution in [0.2, 0.25) is 0 Å². The highest BCUT2D eigenvalue weighted by atomic mass is 19.1. The summed E-state index contributed by atoms with van der Waals surface area (Å²) in [5.74, 6) is -0.172. The van der Waals surface area contributed by atoms with Crippen LogP contribution in [0.3, 0.4) is 0 Å². The number of aryl methyl sites for hydroxylation is 2. The molecule has 0 bridgehead atoms. The molecule has 92 valence electrons. The third kappa shape index (κ3) is 1.88. The molecule has 0 aromatic heterocycles. The molecule has 0 spiro atoms. The van der Waals surface area contributed by atoms with E-state index in [0.29, 0.717) is 0 Å². The van der Waals surface area contributed by atoms with Crippen LogP contribution in [0.5, 0.6) is 0 Å². The molecular weight excluding hydrogens is 225 g/mol. The van der Waals surface area contributed by atoms with Gasteiger partial charge in [0.2, 0.25) is 0 Å². The van der Waals surface area contributed by atoms with Gasteiger partial charge in [-0.3, -0.25) is 0 Å². The largest absolute Gasteiger partial charge is 0.384 e. The first-order valence-electron chi connectivity index (χ1n) is 6.38. The Morgan fingerprint density at radius 2 is 2.00 bits per heavy atom. The molecule has 1 nitrogen and oxygen atoms in total. The summed E-state index contributed by atoms with van der Waals surface area (Å²) in [6, 6.07) is 11.4. The van der Waals surface area contributed by atoms with E-state index >= 15 is 0 Å². The Kier molecular flexibility index (Phi) is 2.78. The normalized spacial score (nSPS) is 13.9. The summed E-state index contributed by atoms with van der Waals surface area (Å²) in [5, 5.41) is 3.48. The van der Waals surface area contributed by atoms with Crippen molar-refractivity contribution in [3.8, 4) is 11.1 Å². The Labute approximate surface area is 107 Å². The molecule has 1 aliphatic rings. The number of anilines is 1. The molecule has 0 amide bonds. The summed E-state index contributed by atoms with van der Waals surface area (Å²) in [5.41, 5.74) is 5.86. The third-order valence-corrected chi connectivity index (χ3v) is 3.55. The zero-order valence-corrected chi connectivity index (χ0v) is 10.5. The zero-order valence-electron chi connectivity index (χ0n) is 10.5. The van der Waals surface area contributed by atoms with E-state index < -0.39 is 0 Å². The van der Waals surface area contributed by atoms with E-state index in [1.807, 2.05) is 13.0 Å². The van der Waals surface area contributed by atoms with Gasteiger partial charge in [-0.25, -0.2) is 4.39 Å². The van der Waals surface area contributed by atoms with Crippen LogP contribution in [0.15, 0.2) is 36.4 Å². The summed E-state index contributed by atoms with van der Waals surface area (Å²) >= 11 is 0. The van der Waals surface area contributed by atoms with Gasteiger partial charge in [0.15, 0.2) is 0 Å². The zero-order chi connectivity index (χ0) is 12.5. The first-order valence-corrected chi connectivity index (χ1v) is 6.38. The fourth-order valence-corrected chi connectivity index (χ4v) is 2.66. The summed E-state index contributed by atoms with van der Waals surface area (Å²) in [7, 11) is 0. The molecule has 2 aromatic rings. The van der Waals surface area contributed by atoms with Gasteiger partial charge in [0.1, 0.15) is 5.82 Å². The Hall–Kier alpha value is -1.83. The Morgan fingerprint density at radius 3 is 2.83 bits per heavy atom. The van der Waals surface area contributed by atoms with Crippen molar-refractivity contribution in [2.75, 3.05) is 11.9 Å². The highest BCUT2D eigenvalue weighted by Crippen LogP contribution is 2.35. The maximum absolute atomic E-state index is 13.2. The number of halogens is 1. The summed E-state index contributed by atoms with van der Waals surface area (Å²) in [6.45, 7) is 2.98. The number of hydrogen-bond donors (Lipinski definition) is 1. The minimum atomic E-state index is -0.172. The number of fused-ring (bicyclic) bond motifs is 1. The molecule has 1 heterocycles. The Morgan fingerprint density at radius 1 is 1.11 bits per heavy atom. The van der Waals surface area contributed by atoms with Gasteiger partial charge in [-0.05, 0) is 48.6 Å². The van der Waals surface area contributed by atoms with Crippen LogP contribution in [-0.2, 0) is 6.42 Å². The highest BCUT2D eigenvalue weighted by Gasteiger charge is 2.14. The van der Waals surface area contributed by atoms with Gasteiger partial charge in [0.25, 0.3) is 0 Å². The molecule has 0 saturated heterocycles. The first-order chi connectivity index (χ1) is 8.75. The van der Waals surface area contributed by atoms with Crippen LogP contribution in [0.25, 0.3) is 11.1 Å². The predicted molar refractivity (Wildman–Crippen MR) is 73.4 cm³/mol. The van der Waals surface area contributed by atoms with E-state index in [0.717, 1.165) is 24.1 Å². The molecule has 0 fully saturated rings. The van der Waals surface area contributed by atoms with Crippen molar-refractivity contribution in [2.24, 2.45) is 0 Å². The lowest BCUT2D eigenvalue weighted by atomic mass is 9.93. The van der Waals surface area contributed by atoms with Gasteiger partial charge in [0.05, 0.1) is 0 Å². The molecular formula is C16H16FN. The van der Waals surface area contributed by atoms with Crippen LogP contribution in [-0.4, -0.2) is 6.54 Å². The van der Waals surface area contributed by atoms with Crippen molar-refractivity contribution in [3.63, 3.8) is 0 Å². The molecule has 0 radical (unpaired) electrons. The maximum Gasteiger partial charge on any atom is 0.123 e. The van der Waals surface area contributed by atoms with Gasteiger partial charge >= 0.3 is 0 Å². The van der Waals surface area contributed by atoms with Crippen LogP contribution >= 0.6 is 0 Å². The standard InChI is InChI=1S/C16H16FN/c1-11-10-13(17)7-8-14(11)15-6-2-4-12-5-3-9-18-16(12)15/h2,4,6-8,10,18H,3,5,9H2,1H3. The lowest BCUT2D eigenvalue weighted by molar-refractivity contribution is 0.627. The number of benzene rings is 2. The summed E-state index contributed by atoms with van der Waals surface area (Å²) in [6.07, 6.45) is 2.30. The van der Waals surface area contributed by atoms with Crippen molar-refractivity contribution in [1.82, 2.24) is 0 Å². The molecule has 2 aromatic carbocycles. The number of nitrogens with one attached hydrogen (secondary N) is 1. The van der Waals surface area contributed by atoms with Crippen molar-refractivity contribution in [2.45, 2.75) is 19.8 Å². The average molecular weight is 241 g/mol. The first kappa shape index (κ1) is 11.3. The molecule has 2 heteroatoms. The fraction of sp³-hybridized carbons (Fsp3) is 0.250. The second-order valence-corrected chi connectivity index (χ2v) is 4.83. The van der Waals surface area contributed by atoms with Gasteiger partial charge in [-0.15, -0.1) is 0 Å². The van der Waals surface area contributed by atoms with Crippen molar-refractivity contribution in [1.29, 1.82) is 0 Å². The Bertz CT molecular complexity index is 590. The van der Waals surface area contributed by atoms with Crippen LogP contribution in [0.1, 0.15) is 17.5 Å². The number of para-hydroxylation sites is 1. The predicted octanol–water partition coefficient (Wildman–Crippen LogP) is 4.16. The molecule has 0 unspecified atom stereocenters. The molecule has 3 rings (SSSR count). The van der Waals surface area contributed by atoms with Crippen molar-refractivity contribution in [3.05, 3.63) is 53.3 Å².